The van der Waals surface area contributed by atoms with E-state index in [1.807, 2.05) is 6.92 Å². The fourth-order valence-corrected chi connectivity index (χ4v) is 1.45. The highest BCUT2D eigenvalue weighted by Gasteiger charge is 2.33. The van der Waals surface area contributed by atoms with Crippen molar-refractivity contribution >= 4 is 5.96 Å². The summed E-state index contributed by atoms with van der Waals surface area (Å²) in [6, 6.07) is 5.09. The second kappa shape index (κ2) is 7.62. The van der Waals surface area contributed by atoms with Crippen LogP contribution in [0.2, 0.25) is 0 Å². The summed E-state index contributed by atoms with van der Waals surface area (Å²) in [5, 5.41) is 2.77. The molecule has 0 aromatic heterocycles. The Morgan fingerprint density at radius 3 is 2.70 bits per heavy atom. The molecule has 0 fully saturated rings. The molecule has 0 radical (unpaired) electrons. The van der Waals surface area contributed by atoms with Gasteiger partial charge in [0, 0.05) is 6.54 Å². The van der Waals surface area contributed by atoms with E-state index in [0.29, 0.717) is 6.54 Å². The second-order valence-electron chi connectivity index (χ2n) is 4.04. The third-order valence-corrected chi connectivity index (χ3v) is 2.36. The lowest BCUT2D eigenvalue weighted by Crippen LogP contribution is -2.35. The summed E-state index contributed by atoms with van der Waals surface area (Å²) in [5.74, 6) is 0.0745. The highest BCUT2D eigenvalue weighted by Crippen LogP contribution is 2.35. The van der Waals surface area contributed by atoms with Gasteiger partial charge in [0.05, 0.1) is 12.1 Å². The summed E-state index contributed by atoms with van der Waals surface area (Å²) < 4.78 is 43.2. The lowest BCUT2D eigenvalue weighted by Gasteiger charge is -2.14. The maximum atomic E-state index is 12.7. The molecule has 0 aliphatic carbocycles. The van der Waals surface area contributed by atoms with Crippen molar-refractivity contribution in [3.8, 4) is 5.75 Å². The molecule has 3 N–H and O–H groups in total. The minimum atomic E-state index is -4.42. The molecule has 0 spiro atoms. The van der Waals surface area contributed by atoms with E-state index in [1.54, 1.807) is 0 Å². The summed E-state index contributed by atoms with van der Waals surface area (Å²) in [5.41, 5.74) is 4.76. The summed E-state index contributed by atoms with van der Waals surface area (Å²) >= 11 is 0. The third-order valence-electron chi connectivity index (χ3n) is 2.36. The highest BCUT2D eigenvalue weighted by atomic mass is 19.4. The number of hydrogen-bond acceptors (Lipinski definition) is 2. The number of rotatable bonds is 6. The van der Waals surface area contributed by atoms with Crippen LogP contribution in [0.3, 0.4) is 0 Å². The second-order valence-corrected chi connectivity index (χ2v) is 4.04. The Morgan fingerprint density at radius 1 is 1.35 bits per heavy atom. The molecular weight excluding hydrogens is 271 g/mol. The number of alkyl halides is 3. The van der Waals surface area contributed by atoms with E-state index >= 15 is 0 Å². The summed E-state index contributed by atoms with van der Waals surface area (Å²) in [6.45, 7) is 2.92. The molecule has 1 rings (SSSR count). The van der Waals surface area contributed by atoms with Crippen molar-refractivity contribution in [3.63, 3.8) is 0 Å². The van der Waals surface area contributed by atoms with Gasteiger partial charge in [-0.15, -0.1) is 0 Å². The maximum Gasteiger partial charge on any atom is 0.419 e. The van der Waals surface area contributed by atoms with Crippen LogP contribution in [0.25, 0.3) is 0 Å². The molecule has 1 aromatic rings. The molecule has 0 saturated heterocycles. The van der Waals surface area contributed by atoms with Crippen molar-refractivity contribution in [2.75, 3.05) is 19.7 Å². The van der Waals surface area contributed by atoms with Gasteiger partial charge in [0.2, 0.25) is 0 Å². The van der Waals surface area contributed by atoms with E-state index in [4.69, 9.17) is 10.5 Å². The molecule has 0 unspecified atom stereocenters. The molecule has 112 valence electrons. The van der Waals surface area contributed by atoms with E-state index in [9.17, 15) is 13.2 Å². The van der Waals surface area contributed by atoms with Gasteiger partial charge in [0.15, 0.2) is 5.96 Å². The summed E-state index contributed by atoms with van der Waals surface area (Å²) in [6.07, 6.45) is -3.55. The Labute approximate surface area is 115 Å². The van der Waals surface area contributed by atoms with E-state index in [-0.39, 0.29) is 24.9 Å². The van der Waals surface area contributed by atoms with E-state index in [1.165, 1.54) is 18.2 Å². The number of guanidine groups is 1. The molecule has 0 atom stereocenters. The Hall–Kier alpha value is -1.92. The van der Waals surface area contributed by atoms with Crippen LogP contribution in [0.1, 0.15) is 18.9 Å². The predicted molar refractivity (Wildman–Crippen MR) is 71.7 cm³/mol. The quantitative estimate of drug-likeness (QED) is 0.480. The smallest absolute Gasteiger partial charge is 0.419 e. The Morgan fingerprint density at radius 2 is 2.05 bits per heavy atom. The molecule has 0 aliphatic rings. The number of ether oxygens (including phenoxy) is 1. The first kappa shape index (κ1) is 16.1. The van der Waals surface area contributed by atoms with Crippen molar-refractivity contribution in [2.45, 2.75) is 19.5 Å². The van der Waals surface area contributed by atoms with Crippen LogP contribution in [0.15, 0.2) is 29.3 Å². The molecule has 0 heterocycles. The van der Waals surface area contributed by atoms with E-state index < -0.39 is 11.7 Å². The Kier molecular flexibility index (Phi) is 6.14. The standard InChI is InChI=1S/C13H18F3N3O/c1-2-7-18-12(17)19-8-9-20-11-6-4-3-5-10(11)13(14,15)16/h3-6H,2,7-9H2,1H3,(H3,17,18,19). The van der Waals surface area contributed by atoms with Crippen LogP contribution in [0.5, 0.6) is 5.75 Å². The predicted octanol–water partition coefficient (Wildman–Crippen LogP) is 2.40. The van der Waals surface area contributed by atoms with Crippen LogP contribution in [-0.4, -0.2) is 25.7 Å². The van der Waals surface area contributed by atoms with Gasteiger partial charge >= 0.3 is 6.18 Å². The van der Waals surface area contributed by atoms with Gasteiger partial charge in [-0.3, -0.25) is 4.99 Å². The van der Waals surface area contributed by atoms with Gasteiger partial charge < -0.3 is 15.8 Å². The number of para-hydroxylation sites is 1. The SMILES string of the molecule is CCCN=C(N)NCCOc1ccccc1C(F)(F)F. The average molecular weight is 289 g/mol. The van der Waals surface area contributed by atoms with Crippen molar-refractivity contribution in [1.29, 1.82) is 0 Å². The molecule has 0 amide bonds. The van der Waals surface area contributed by atoms with E-state index in [2.05, 4.69) is 10.3 Å². The van der Waals surface area contributed by atoms with Gasteiger partial charge in [0.1, 0.15) is 12.4 Å². The molecule has 1 aromatic carbocycles. The zero-order valence-corrected chi connectivity index (χ0v) is 11.2. The first-order valence-electron chi connectivity index (χ1n) is 6.28. The third kappa shape index (κ3) is 5.38. The van der Waals surface area contributed by atoms with Crippen LogP contribution < -0.4 is 15.8 Å². The first-order chi connectivity index (χ1) is 9.45. The minimum Gasteiger partial charge on any atom is -0.491 e. The molecule has 0 bridgehead atoms. The van der Waals surface area contributed by atoms with Gasteiger partial charge in [-0.1, -0.05) is 19.1 Å². The Bertz CT molecular complexity index is 447. The molecule has 0 aliphatic heterocycles. The lowest BCUT2D eigenvalue weighted by molar-refractivity contribution is -0.138. The monoisotopic (exact) mass is 289 g/mol. The van der Waals surface area contributed by atoms with Gasteiger partial charge in [-0.05, 0) is 18.6 Å². The molecule has 4 nitrogen and oxygen atoms in total. The van der Waals surface area contributed by atoms with Crippen LogP contribution >= 0.6 is 0 Å². The van der Waals surface area contributed by atoms with Gasteiger partial charge in [-0.2, -0.15) is 13.2 Å². The van der Waals surface area contributed by atoms with Gasteiger partial charge in [-0.25, -0.2) is 0 Å². The van der Waals surface area contributed by atoms with Gasteiger partial charge in [0.25, 0.3) is 0 Å². The van der Waals surface area contributed by atoms with Crippen molar-refractivity contribution < 1.29 is 17.9 Å². The fraction of sp³-hybridized carbons (Fsp3) is 0.462. The largest absolute Gasteiger partial charge is 0.491 e. The Balaban J connectivity index is 2.47. The van der Waals surface area contributed by atoms with Crippen LogP contribution in [-0.2, 0) is 6.18 Å². The number of halogens is 3. The van der Waals surface area contributed by atoms with Crippen molar-refractivity contribution in [2.24, 2.45) is 10.7 Å². The van der Waals surface area contributed by atoms with Crippen molar-refractivity contribution in [1.82, 2.24) is 5.32 Å². The normalized spacial score (nSPS) is 12.3. The number of nitrogens with two attached hydrogens (primary N) is 1. The number of nitrogens with one attached hydrogen (secondary N) is 1. The van der Waals surface area contributed by atoms with Crippen LogP contribution in [0, 0.1) is 0 Å². The average Bonchev–Trinajstić information content (AvgIpc) is 2.40. The summed E-state index contributed by atoms with van der Waals surface area (Å²) in [4.78, 5) is 3.99. The molecule has 20 heavy (non-hydrogen) atoms. The highest BCUT2D eigenvalue weighted by molar-refractivity contribution is 5.77. The fourth-order valence-electron chi connectivity index (χ4n) is 1.45. The molecular formula is C13H18F3N3O. The number of nitrogens with zero attached hydrogens (tertiary/aromatic N) is 1. The first-order valence-corrected chi connectivity index (χ1v) is 6.28. The van der Waals surface area contributed by atoms with E-state index in [0.717, 1.165) is 12.5 Å². The topological polar surface area (TPSA) is 59.6 Å². The number of aliphatic imine (C=N–C) groups is 1. The maximum absolute atomic E-state index is 12.7. The minimum absolute atomic E-state index is 0.0649. The zero-order valence-electron chi connectivity index (χ0n) is 11.2. The lowest BCUT2D eigenvalue weighted by atomic mass is 10.2. The number of hydrogen-bond donors (Lipinski definition) is 2. The molecule has 7 heteroatoms. The zero-order chi connectivity index (χ0) is 15.0. The summed E-state index contributed by atoms with van der Waals surface area (Å²) in [7, 11) is 0. The molecule has 0 saturated carbocycles. The number of benzene rings is 1. The van der Waals surface area contributed by atoms with Crippen LogP contribution in [0.4, 0.5) is 13.2 Å². The van der Waals surface area contributed by atoms with Crippen molar-refractivity contribution in [3.05, 3.63) is 29.8 Å².